The Kier molecular flexibility index (Phi) is 1.62. The van der Waals surface area contributed by atoms with E-state index < -0.39 is 0 Å². The number of nitrogens with zero attached hydrogens (tertiary/aromatic N) is 1. The Hall–Kier alpha value is -0.853. The lowest BCUT2D eigenvalue weighted by Gasteiger charge is -1.79. The van der Waals surface area contributed by atoms with Gasteiger partial charge in [0.05, 0.1) is 0 Å². The average molecular weight is 119 g/mol. The highest BCUT2D eigenvalue weighted by Gasteiger charge is 1.80. The van der Waals surface area contributed by atoms with E-state index in [1.54, 1.807) is 0 Å². The van der Waals surface area contributed by atoms with Gasteiger partial charge in [0, 0.05) is 5.19 Å². The molecule has 8 heavy (non-hydrogen) atoms. The molecule has 1 rings (SSSR count). The molecular formula is C6H5NSi. The zero-order chi connectivity index (χ0) is 5.82. The first-order chi connectivity index (χ1) is 3.93. The van der Waals surface area contributed by atoms with Crippen molar-refractivity contribution in [3.63, 3.8) is 0 Å². The number of hydrogen-bond donors (Lipinski definition) is 0. The molecule has 0 aliphatic heterocycles. The molecule has 0 aliphatic carbocycles. The summed E-state index contributed by atoms with van der Waals surface area (Å²) in [7, 11) is -0.0700. The minimum absolute atomic E-state index is 0.0700. The Bertz CT molecular complexity index is 200. The van der Waals surface area contributed by atoms with Crippen LogP contribution in [0.4, 0.5) is 0 Å². The van der Waals surface area contributed by atoms with Gasteiger partial charge >= 0.3 is 0 Å². The SMILES string of the molecule is N#[Si]c1ccccc1. The normalized spacial score (nSPS) is 7.88. The topological polar surface area (TPSA) is 23.8 Å². The Morgan fingerprint density at radius 2 is 1.75 bits per heavy atom. The van der Waals surface area contributed by atoms with Crippen LogP contribution >= 0.6 is 0 Å². The quantitative estimate of drug-likeness (QED) is 0.456. The van der Waals surface area contributed by atoms with Crippen molar-refractivity contribution in [2.75, 3.05) is 0 Å². The van der Waals surface area contributed by atoms with E-state index in [9.17, 15) is 0 Å². The molecule has 0 spiro atoms. The number of rotatable bonds is 0. The van der Waals surface area contributed by atoms with Crippen LogP contribution in [0.25, 0.3) is 0 Å². The summed E-state index contributed by atoms with van der Waals surface area (Å²) >= 11 is 0. The van der Waals surface area contributed by atoms with Gasteiger partial charge in [-0.25, -0.2) is 0 Å². The van der Waals surface area contributed by atoms with Crippen LogP contribution in [0.15, 0.2) is 30.3 Å². The Morgan fingerprint density at radius 1 is 1.12 bits per heavy atom. The van der Waals surface area contributed by atoms with Gasteiger partial charge in [-0.05, 0) is 0 Å². The molecule has 0 unspecified atom stereocenters. The highest BCUT2D eigenvalue weighted by atomic mass is 28.2. The van der Waals surface area contributed by atoms with Crippen LogP contribution < -0.4 is 5.19 Å². The zero-order valence-electron chi connectivity index (χ0n) is 4.33. The predicted octanol–water partition coefficient (Wildman–Crippen LogP) is 0.495. The van der Waals surface area contributed by atoms with E-state index in [2.05, 4.69) is 0 Å². The lowest BCUT2D eigenvalue weighted by molar-refractivity contribution is 1.62. The summed E-state index contributed by atoms with van der Waals surface area (Å²) < 4.78 is 0. The van der Waals surface area contributed by atoms with Gasteiger partial charge in [-0.15, -0.1) is 0 Å². The van der Waals surface area contributed by atoms with Gasteiger partial charge in [0.25, 0.3) is 0 Å². The third kappa shape index (κ3) is 1.06. The van der Waals surface area contributed by atoms with Gasteiger partial charge < -0.3 is 0 Å². The van der Waals surface area contributed by atoms with Crippen molar-refractivity contribution in [3.8, 4) is 0 Å². The fourth-order valence-electron chi connectivity index (χ4n) is 0.513. The van der Waals surface area contributed by atoms with Crippen molar-refractivity contribution in [1.29, 1.82) is 4.89 Å². The molecule has 2 heteroatoms. The molecule has 0 amide bonds. The maximum absolute atomic E-state index is 8.57. The van der Waals surface area contributed by atoms with Crippen LogP contribution in [-0.4, -0.2) is 9.15 Å². The standard InChI is InChI=1S/C6H5NSi/c7-8-6-4-2-1-3-5-6/h1-5H. The summed E-state index contributed by atoms with van der Waals surface area (Å²) in [5.41, 5.74) is 0. The van der Waals surface area contributed by atoms with Gasteiger partial charge in [0.2, 0.25) is 9.15 Å². The second-order valence-corrected chi connectivity index (χ2v) is 2.28. The molecular weight excluding hydrogens is 114 g/mol. The zero-order valence-corrected chi connectivity index (χ0v) is 5.33. The fraction of sp³-hybridized carbons (Fsp3) is 0. The molecule has 0 heterocycles. The van der Waals surface area contributed by atoms with Crippen LogP contribution in [0.1, 0.15) is 0 Å². The van der Waals surface area contributed by atoms with Gasteiger partial charge in [-0.2, -0.15) is 0 Å². The fourth-order valence-corrected chi connectivity index (χ4v) is 0.854. The second kappa shape index (κ2) is 2.45. The van der Waals surface area contributed by atoms with E-state index in [-0.39, 0.29) is 9.15 Å². The maximum Gasteiger partial charge on any atom is 0.231 e. The van der Waals surface area contributed by atoms with E-state index in [1.807, 2.05) is 30.3 Å². The van der Waals surface area contributed by atoms with Gasteiger partial charge in [-0.1, -0.05) is 30.3 Å². The lowest BCUT2D eigenvalue weighted by Crippen LogP contribution is -2.00. The second-order valence-electron chi connectivity index (χ2n) is 1.48. The van der Waals surface area contributed by atoms with Crippen molar-refractivity contribution in [1.82, 2.24) is 0 Å². The summed E-state index contributed by atoms with van der Waals surface area (Å²) in [5.74, 6) is 0. The molecule has 1 aromatic rings. The molecule has 1 aromatic carbocycles. The van der Waals surface area contributed by atoms with Crippen LogP contribution in [0.2, 0.25) is 0 Å². The smallest absolute Gasteiger partial charge is 0.231 e. The predicted molar refractivity (Wildman–Crippen MR) is 33.6 cm³/mol. The van der Waals surface area contributed by atoms with Crippen LogP contribution in [0.5, 0.6) is 0 Å². The summed E-state index contributed by atoms with van der Waals surface area (Å²) in [4.78, 5) is 8.57. The van der Waals surface area contributed by atoms with Gasteiger partial charge in [0.15, 0.2) is 0 Å². The van der Waals surface area contributed by atoms with E-state index >= 15 is 0 Å². The molecule has 0 saturated carbocycles. The minimum atomic E-state index is -0.0700. The van der Waals surface area contributed by atoms with E-state index in [1.165, 1.54) is 0 Å². The summed E-state index contributed by atoms with van der Waals surface area (Å²) in [6.07, 6.45) is 0. The van der Waals surface area contributed by atoms with Crippen LogP contribution in [0, 0.1) is 4.89 Å². The third-order valence-electron chi connectivity index (χ3n) is 0.903. The Morgan fingerprint density at radius 3 is 2.12 bits per heavy atom. The molecule has 38 valence electrons. The average Bonchev–Trinajstić information content (AvgIpc) is 1.90. The highest BCUT2D eigenvalue weighted by Crippen LogP contribution is 1.77. The van der Waals surface area contributed by atoms with Crippen molar-refractivity contribution in [3.05, 3.63) is 30.3 Å². The summed E-state index contributed by atoms with van der Waals surface area (Å²) in [6.45, 7) is 0. The third-order valence-corrected chi connectivity index (χ3v) is 1.49. The maximum atomic E-state index is 8.57. The molecule has 0 bridgehead atoms. The van der Waals surface area contributed by atoms with Crippen molar-refractivity contribution >= 4 is 14.3 Å². The molecule has 0 fully saturated rings. The molecule has 1 nitrogen and oxygen atoms in total. The summed E-state index contributed by atoms with van der Waals surface area (Å²) in [6, 6.07) is 9.57. The largest absolute Gasteiger partial charge is 0.280 e. The first-order valence-electron chi connectivity index (χ1n) is 2.38. The van der Waals surface area contributed by atoms with Crippen molar-refractivity contribution in [2.24, 2.45) is 0 Å². The molecule has 0 atom stereocenters. The Balaban J connectivity index is 3.05. The molecule has 0 saturated heterocycles. The summed E-state index contributed by atoms with van der Waals surface area (Å²) in [5, 5.41) is 0.993. The highest BCUT2D eigenvalue weighted by molar-refractivity contribution is 6.37. The monoisotopic (exact) mass is 119 g/mol. The molecule has 0 aliphatic rings. The van der Waals surface area contributed by atoms with Gasteiger partial charge in [0.1, 0.15) is 0 Å². The molecule has 0 radical (unpaired) electrons. The first kappa shape index (κ1) is 5.29. The van der Waals surface area contributed by atoms with Crippen LogP contribution in [0.3, 0.4) is 0 Å². The van der Waals surface area contributed by atoms with Crippen molar-refractivity contribution in [2.45, 2.75) is 0 Å². The lowest BCUT2D eigenvalue weighted by atomic mass is 10.4. The first-order valence-corrected chi connectivity index (χ1v) is 3.33. The molecule has 0 aromatic heterocycles. The minimum Gasteiger partial charge on any atom is -0.280 e. The van der Waals surface area contributed by atoms with E-state index in [4.69, 9.17) is 4.89 Å². The van der Waals surface area contributed by atoms with Crippen molar-refractivity contribution < 1.29 is 0 Å². The van der Waals surface area contributed by atoms with E-state index in [0.717, 1.165) is 5.19 Å². The number of benzene rings is 1. The van der Waals surface area contributed by atoms with Crippen LogP contribution in [-0.2, 0) is 0 Å². The van der Waals surface area contributed by atoms with Gasteiger partial charge in [-0.3, -0.25) is 4.89 Å². The number of hydrogen-bond acceptors (Lipinski definition) is 1. The molecule has 0 N–H and O–H groups in total. The van der Waals surface area contributed by atoms with E-state index in [0.29, 0.717) is 0 Å². The Labute approximate surface area is 50.4 Å².